The highest BCUT2D eigenvalue weighted by atomic mass is 16.5. The van der Waals surface area contributed by atoms with Crippen LogP contribution in [0.15, 0.2) is 53.7 Å². The summed E-state index contributed by atoms with van der Waals surface area (Å²) in [6.45, 7) is 2.68. The molecule has 10 nitrogen and oxygen atoms in total. The van der Waals surface area contributed by atoms with Crippen molar-refractivity contribution in [3.8, 4) is 11.1 Å². The zero-order valence-electron chi connectivity index (χ0n) is 16.7. The number of anilines is 2. The standard InChI is InChI=1S/C21H22N6O4/c22-21-23-10-17(11-24-21)16-9-18(26-5-7-31-8-6-26)20(29)27(13-16)12-14-1-3-15(4-2-14)19(28)25-30/h1-4,9-11,13,30H,5-8,12H2,(H,25,28)(H2,22,23,24). The van der Waals surface area contributed by atoms with Gasteiger partial charge in [0.2, 0.25) is 5.95 Å². The summed E-state index contributed by atoms with van der Waals surface area (Å²) in [6.07, 6.45) is 5.01. The van der Waals surface area contributed by atoms with Gasteiger partial charge in [-0.05, 0) is 23.8 Å². The zero-order chi connectivity index (χ0) is 21.8. The van der Waals surface area contributed by atoms with E-state index in [1.807, 2.05) is 11.0 Å². The summed E-state index contributed by atoms with van der Waals surface area (Å²) in [5.74, 6) is -0.416. The smallest absolute Gasteiger partial charge is 0.274 e. The van der Waals surface area contributed by atoms with Crippen molar-refractivity contribution in [1.29, 1.82) is 0 Å². The molecule has 0 unspecified atom stereocenters. The van der Waals surface area contributed by atoms with Crippen LogP contribution >= 0.6 is 0 Å². The Balaban J connectivity index is 1.73. The highest BCUT2D eigenvalue weighted by Crippen LogP contribution is 2.22. The topological polar surface area (TPSA) is 136 Å². The summed E-state index contributed by atoms with van der Waals surface area (Å²) in [5.41, 5.74) is 10.3. The van der Waals surface area contributed by atoms with Crippen LogP contribution in [-0.2, 0) is 11.3 Å². The van der Waals surface area contributed by atoms with Gasteiger partial charge in [-0.1, -0.05) is 12.1 Å². The van der Waals surface area contributed by atoms with Gasteiger partial charge in [-0.2, -0.15) is 0 Å². The fourth-order valence-electron chi connectivity index (χ4n) is 3.44. The number of pyridine rings is 1. The Morgan fingerprint density at radius 3 is 2.45 bits per heavy atom. The summed E-state index contributed by atoms with van der Waals surface area (Å²) in [7, 11) is 0. The molecule has 3 heterocycles. The molecule has 1 amide bonds. The molecule has 31 heavy (non-hydrogen) atoms. The van der Waals surface area contributed by atoms with Crippen LogP contribution in [0.25, 0.3) is 11.1 Å². The molecule has 4 N–H and O–H groups in total. The summed E-state index contributed by atoms with van der Waals surface area (Å²) in [6, 6.07) is 8.50. The molecule has 160 valence electrons. The van der Waals surface area contributed by atoms with Crippen LogP contribution < -0.4 is 21.7 Å². The van der Waals surface area contributed by atoms with E-state index < -0.39 is 5.91 Å². The predicted molar refractivity (Wildman–Crippen MR) is 114 cm³/mol. The summed E-state index contributed by atoms with van der Waals surface area (Å²) in [5, 5.41) is 8.76. The molecule has 0 radical (unpaired) electrons. The van der Waals surface area contributed by atoms with Crippen LogP contribution in [0, 0.1) is 0 Å². The fourth-order valence-corrected chi connectivity index (χ4v) is 3.44. The Bertz CT molecular complexity index is 1120. The number of hydrogen-bond donors (Lipinski definition) is 3. The molecule has 1 aliphatic rings. The number of morpholine rings is 1. The molecule has 1 fully saturated rings. The molecular weight excluding hydrogens is 400 g/mol. The molecule has 10 heteroatoms. The lowest BCUT2D eigenvalue weighted by Gasteiger charge is -2.29. The van der Waals surface area contributed by atoms with Gasteiger partial charge < -0.3 is 19.9 Å². The number of hydrogen-bond acceptors (Lipinski definition) is 8. The van der Waals surface area contributed by atoms with Crippen molar-refractivity contribution in [3.63, 3.8) is 0 Å². The van der Waals surface area contributed by atoms with Crippen molar-refractivity contribution in [2.45, 2.75) is 6.54 Å². The molecule has 1 saturated heterocycles. The predicted octanol–water partition coefficient (Wildman–Crippen LogP) is 0.891. The van der Waals surface area contributed by atoms with Gasteiger partial charge in [0.25, 0.3) is 11.5 Å². The monoisotopic (exact) mass is 422 g/mol. The number of nitrogens with one attached hydrogen (secondary N) is 1. The van der Waals surface area contributed by atoms with Crippen LogP contribution in [0.4, 0.5) is 11.6 Å². The lowest BCUT2D eigenvalue weighted by molar-refractivity contribution is 0.0706. The molecule has 0 bridgehead atoms. The van der Waals surface area contributed by atoms with E-state index in [9.17, 15) is 9.59 Å². The number of aromatic nitrogens is 3. The maximum atomic E-state index is 13.3. The van der Waals surface area contributed by atoms with Gasteiger partial charge in [0.15, 0.2) is 0 Å². The first-order valence-electron chi connectivity index (χ1n) is 9.73. The van der Waals surface area contributed by atoms with Crippen molar-refractivity contribution in [1.82, 2.24) is 20.0 Å². The first kappa shape index (κ1) is 20.5. The number of hydroxylamine groups is 1. The summed E-state index contributed by atoms with van der Waals surface area (Å²) >= 11 is 0. The van der Waals surface area contributed by atoms with Crippen LogP contribution in [0.2, 0.25) is 0 Å². The second-order valence-electron chi connectivity index (χ2n) is 7.11. The van der Waals surface area contributed by atoms with E-state index in [4.69, 9.17) is 15.7 Å². The average molecular weight is 422 g/mol. The number of benzene rings is 1. The van der Waals surface area contributed by atoms with Crippen LogP contribution in [0.5, 0.6) is 0 Å². The normalized spacial score (nSPS) is 13.8. The van der Waals surface area contributed by atoms with E-state index in [0.717, 1.165) is 16.7 Å². The number of ether oxygens (including phenoxy) is 1. The third-order valence-corrected chi connectivity index (χ3v) is 5.09. The maximum Gasteiger partial charge on any atom is 0.274 e. The molecule has 3 aromatic rings. The van der Waals surface area contributed by atoms with Gasteiger partial charge in [-0.25, -0.2) is 15.4 Å². The third-order valence-electron chi connectivity index (χ3n) is 5.09. The zero-order valence-corrected chi connectivity index (χ0v) is 16.7. The number of nitrogen functional groups attached to an aromatic ring is 1. The Labute approximate surface area is 177 Å². The molecule has 0 saturated carbocycles. The minimum absolute atomic E-state index is 0.126. The summed E-state index contributed by atoms with van der Waals surface area (Å²) < 4.78 is 7.04. The van der Waals surface area contributed by atoms with Crippen LogP contribution in [0.3, 0.4) is 0 Å². The van der Waals surface area contributed by atoms with Crippen molar-refractivity contribution in [3.05, 3.63) is 70.4 Å². The fraction of sp³-hybridized carbons (Fsp3) is 0.238. The van der Waals surface area contributed by atoms with Crippen molar-refractivity contribution in [2.24, 2.45) is 0 Å². The van der Waals surface area contributed by atoms with Gasteiger partial charge in [-0.3, -0.25) is 14.8 Å². The first-order chi connectivity index (χ1) is 15.0. The molecule has 0 spiro atoms. The van der Waals surface area contributed by atoms with Crippen molar-refractivity contribution >= 4 is 17.5 Å². The number of carbonyl (C=O) groups excluding carboxylic acids is 1. The highest BCUT2D eigenvalue weighted by molar-refractivity contribution is 5.93. The number of nitrogens with two attached hydrogens (primary N) is 1. The van der Waals surface area contributed by atoms with E-state index in [-0.39, 0.29) is 11.5 Å². The molecule has 0 aliphatic carbocycles. The SMILES string of the molecule is Nc1ncc(-c2cc(N3CCOCC3)c(=O)n(Cc3ccc(C(=O)NO)cc3)c2)cn1. The molecule has 4 rings (SSSR count). The van der Waals surface area contributed by atoms with E-state index >= 15 is 0 Å². The Hall–Kier alpha value is -3.76. The lowest BCUT2D eigenvalue weighted by Crippen LogP contribution is -2.40. The second kappa shape index (κ2) is 8.94. The van der Waals surface area contributed by atoms with Crippen molar-refractivity contribution < 1.29 is 14.7 Å². The van der Waals surface area contributed by atoms with E-state index in [1.165, 1.54) is 0 Å². The summed E-state index contributed by atoms with van der Waals surface area (Å²) in [4.78, 5) is 34.9. The number of nitrogens with zero attached hydrogens (tertiary/aromatic N) is 4. The molecule has 1 aliphatic heterocycles. The van der Waals surface area contributed by atoms with Gasteiger partial charge in [0.1, 0.15) is 5.69 Å². The van der Waals surface area contributed by atoms with E-state index in [2.05, 4.69) is 9.97 Å². The largest absolute Gasteiger partial charge is 0.378 e. The third kappa shape index (κ3) is 4.55. The van der Waals surface area contributed by atoms with Crippen molar-refractivity contribution in [2.75, 3.05) is 36.9 Å². The maximum absolute atomic E-state index is 13.3. The first-order valence-corrected chi connectivity index (χ1v) is 9.73. The molecular formula is C21H22N6O4. The number of amides is 1. The minimum Gasteiger partial charge on any atom is -0.378 e. The Kier molecular flexibility index (Phi) is 5.92. The van der Waals surface area contributed by atoms with Crippen LogP contribution in [-0.4, -0.2) is 52.0 Å². The quantitative estimate of drug-likeness (QED) is 0.407. The second-order valence-corrected chi connectivity index (χ2v) is 7.11. The molecule has 2 aromatic heterocycles. The van der Waals surface area contributed by atoms with Crippen LogP contribution in [0.1, 0.15) is 15.9 Å². The molecule has 1 aromatic carbocycles. The lowest BCUT2D eigenvalue weighted by atomic mass is 10.1. The van der Waals surface area contributed by atoms with E-state index in [1.54, 1.807) is 52.9 Å². The van der Waals surface area contributed by atoms with Gasteiger partial charge >= 0.3 is 0 Å². The molecule has 0 atom stereocenters. The average Bonchev–Trinajstić information content (AvgIpc) is 2.81. The number of carbonyl (C=O) groups is 1. The Morgan fingerprint density at radius 1 is 1.13 bits per heavy atom. The minimum atomic E-state index is -0.594. The van der Waals surface area contributed by atoms with E-state index in [0.29, 0.717) is 44.1 Å². The Morgan fingerprint density at radius 2 is 1.81 bits per heavy atom. The van der Waals surface area contributed by atoms with Gasteiger partial charge in [0, 0.05) is 48.4 Å². The van der Waals surface area contributed by atoms with Gasteiger partial charge in [0.05, 0.1) is 19.8 Å². The number of rotatable bonds is 5. The highest BCUT2D eigenvalue weighted by Gasteiger charge is 2.18. The van der Waals surface area contributed by atoms with Gasteiger partial charge in [-0.15, -0.1) is 0 Å².